The summed E-state index contributed by atoms with van der Waals surface area (Å²) in [5.41, 5.74) is 3.96. The zero-order chi connectivity index (χ0) is 25.2. The van der Waals surface area contributed by atoms with Gasteiger partial charge in [0, 0.05) is 48.5 Å². The first-order valence-corrected chi connectivity index (χ1v) is 12.4. The molecule has 1 fully saturated rings. The lowest BCUT2D eigenvalue weighted by molar-refractivity contribution is -0.128. The van der Waals surface area contributed by atoms with Crippen LogP contribution >= 0.6 is 0 Å². The van der Waals surface area contributed by atoms with Crippen LogP contribution in [0.15, 0.2) is 53.8 Å². The van der Waals surface area contributed by atoms with Gasteiger partial charge < -0.3 is 19.7 Å². The van der Waals surface area contributed by atoms with Crippen molar-refractivity contribution in [1.82, 2.24) is 14.9 Å². The Morgan fingerprint density at radius 2 is 2.00 bits per heavy atom. The summed E-state index contributed by atoms with van der Waals surface area (Å²) in [4.78, 5) is 38.5. The van der Waals surface area contributed by atoms with Gasteiger partial charge in [-0.25, -0.2) is 4.79 Å². The summed E-state index contributed by atoms with van der Waals surface area (Å²) in [5, 5.41) is 11.8. The summed E-state index contributed by atoms with van der Waals surface area (Å²) in [7, 11) is 0. The van der Waals surface area contributed by atoms with Gasteiger partial charge in [-0.3, -0.25) is 4.79 Å². The molecule has 2 aliphatic heterocycles. The van der Waals surface area contributed by atoms with E-state index in [1.54, 1.807) is 4.90 Å². The highest BCUT2D eigenvalue weighted by molar-refractivity contribution is 5.96. The molecule has 3 heterocycles. The van der Waals surface area contributed by atoms with Crippen molar-refractivity contribution in [3.63, 3.8) is 0 Å². The summed E-state index contributed by atoms with van der Waals surface area (Å²) in [6.07, 6.45) is 3.23. The molecular weight excluding hydrogens is 452 g/mol. The molecule has 0 aliphatic carbocycles. The van der Waals surface area contributed by atoms with Crippen molar-refractivity contribution >= 4 is 28.2 Å². The summed E-state index contributed by atoms with van der Waals surface area (Å²) in [6.45, 7) is 8.64. The highest BCUT2D eigenvalue weighted by Crippen LogP contribution is 2.33. The third-order valence-corrected chi connectivity index (χ3v) is 7.33. The molecule has 0 bridgehead atoms. The van der Waals surface area contributed by atoms with E-state index < -0.39 is 0 Å². The van der Waals surface area contributed by atoms with Gasteiger partial charge in [-0.15, -0.1) is 0 Å². The standard InChI is InChI=1S/C28H30N6O2/c1-3-26(35)34-16-15-33(17-20(34)12-13-29)27-23-10-6-14-32(18-24(23)30-28(36)31-27)25-11-5-8-21-19(2)7-4-9-22(21)25/h3-5,7-9,11,20H,1,6,10,12,14-18H2,2H3,(H,30,31,36)/t20-/m0/s1. The summed E-state index contributed by atoms with van der Waals surface area (Å²) >= 11 is 0. The molecule has 1 atom stereocenters. The van der Waals surface area contributed by atoms with Crippen LogP contribution in [-0.2, 0) is 17.8 Å². The monoisotopic (exact) mass is 482 g/mol. The molecule has 0 unspecified atom stereocenters. The Balaban J connectivity index is 1.49. The van der Waals surface area contributed by atoms with E-state index in [-0.39, 0.29) is 24.1 Å². The average molecular weight is 483 g/mol. The highest BCUT2D eigenvalue weighted by atomic mass is 16.2. The maximum absolute atomic E-state index is 12.7. The fourth-order valence-electron chi connectivity index (χ4n) is 5.57. The molecule has 8 heteroatoms. The smallest absolute Gasteiger partial charge is 0.347 e. The first-order chi connectivity index (χ1) is 17.5. The van der Waals surface area contributed by atoms with Crippen LogP contribution in [0, 0.1) is 18.3 Å². The van der Waals surface area contributed by atoms with E-state index in [2.05, 4.69) is 75.7 Å². The molecule has 184 valence electrons. The van der Waals surface area contributed by atoms with Crippen molar-refractivity contribution in [2.75, 3.05) is 36.0 Å². The van der Waals surface area contributed by atoms with E-state index in [4.69, 9.17) is 0 Å². The lowest BCUT2D eigenvalue weighted by Gasteiger charge is -2.41. The van der Waals surface area contributed by atoms with Crippen LogP contribution in [-0.4, -0.2) is 53.0 Å². The van der Waals surface area contributed by atoms with Crippen molar-refractivity contribution < 1.29 is 4.79 Å². The first kappa shape index (κ1) is 23.6. The third kappa shape index (κ3) is 4.33. The van der Waals surface area contributed by atoms with Gasteiger partial charge in [-0.05, 0) is 42.9 Å². The number of aryl methyl sites for hydroxylation is 1. The Kier molecular flexibility index (Phi) is 6.47. The van der Waals surface area contributed by atoms with Crippen molar-refractivity contribution in [2.45, 2.75) is 38.8 Å². The fourth-order valence-corrected chi connectivity index (χ4v) is 5.57. The number of H-pyrrole nitrogens is 1. The number of nitrogens with one attached hydrogen (secondary N) is 1. The normalized spacial score (nSPS) is 17.9. The zero-order valence-corrected chi connectivity index (χ0v) is 20.5. The van der Waals surface area contributed by atoms with Crippen molar-refractivity contribution in [2.24, 2.45) is 0 Å². The Morgan fingerprint density at radius 1 is 1.19 bits per heavy atom. The van der Waals surface area contributed by atoms with Crippen LogP contribution in [0.4, 0.5) is 11.5 Å². The second-order valence-electron chi connectivity index (χ2n) is 9.49. The quantitative estimate of drug-likeness (QED) is 0.573. The molecule has 1 amide bonds. The average Bonchev–Trinajstić information content (AvgIpc) is 3.10. The molecule has 36 heavy (non-hydrogen) atoms. The lowest BCUT2D eigenvalue weighted by Crippen LogP contribution is -2.55. The van der Waals surface area contributed by atoms with E-state index >= 15 is 0 Å². The number of piperazine rings is 1. The zero-order valence-electron chi connectivity index (χ0n) is 20.5. The van der Waals surface area contributed by atoms with Crippen LogP contribution in [0.3, 0.4) is 0 Å². The van der Waals surface area contributed by atoms with E-state index in [0.717, 1.165) is 36.3 Å². The number of aromatic amines is 1. The van der Waals surface area contributed by atoms with Gasteiger partial charge in [-0.2, -0.15) is 10.2 Å². The summed E-state index contributed by atoms with van der Waals surface area (Å²) < 4.78 is 0. The van der Waals surface area contributed by atoms with Gasteiger partial charge >= 0.3 is 5.69 Å². The van der Waals surface area contributed by atoms with E-state index in [0.29, 0.717) is 32.0 Å². The van der Waals surface area contributed by atoms with Gasteiger partial charge in [0.1, 0.15) is 5.82 Å². The third-order valence-electron chi connectivity index (χ3n) is 7.33. The van der Waals surface area contributed by atoms with Gasteiger partial charge in [0.15, 0.2) is 0 Å². The number of nitriles is 1. The van der Waals surface area contributed by atoms with E-state index in [1.807, 2.05) is 0 Å². The minimum absolute atomic E-state index is 0.173. The van der Waals surface area contributed by atoms with Crippen LogP contribution in [0.25, 0.3) is 10.8 Å². The number of carbonyl (C=O) groups excluding carboxylic acids is 1. The summed E-state index contributed by atoms with van der Waals surface area (Å²) in [5.74, 6) is 0.506. The number of hydrogen-bond acceptors (Lipinski definition) is 6. The Morgan fingerprint density at radius 3 is 2.81 bits per heavy atom. The number of rotatable bonds is 4. The number of amides is 1. The molecule has 0 spiro atoms. The van der Waals surface area contributed by atoms with E-state index in [1.165, 1.54) is 22.4 Å². The molecule has 0 saturated carbocycles. The number of hydrogen-bond donors (Lipinski definition) is 1. The molecule has 1 saturated heterocycles. The van der Waals surface area contributed by atoms with Gasteiger partial charge in [0.05, 0.1) is 25.1 Å². The minimum Gasteiger partial charge on any atom is -0.365 e. The number of anilines is 2. The number of fused-ring (bicyclic) bond motifs is 2. The molecule has 5 rings (SSSR count). The maximum Gasteiger partial charge on any atom is 0.347 e. The van der Waals surface area contributed by atoms with Crippen LogP contribution in [0.2, 0.25) is 0 Å². The molecule has 2 aromatic carbocycles. The fraction of sp³-hybridized carbons (Fsp3) is 0.357. The molecule has 8 nitrogen and oxygen atoms in total. The van der Waals surface area contributed by atoms with Crippen LogP contribution in [0.1, 0.15) is 29.7 Å². The lowest BCUT2D eigenvalue weighted by atomic mass is 10.0. The Labute approximate surface area is 210 Å². The molecule has 3 aromatic rings. The number of benzene rings is 2. The molecule has 0 radical (unpaired) electrons. The topological polar surface area (TPSA) is 96.3 Å². The maximum atomic E-state index is 12.7. The second kappa shape index (κ2) is 9.86. The highest BCUT2D eigenvalue weighted by Gasteiger charge is 2.32. The van der Waals surface area contributed by atoms with Crippen molar-refractivity contribution in [1.29, 1.82) is 5.26 Å². The molecule has 1 aromatic heterocycles. The minimum atomic E-state index is -0.374. The number of nitrogens with zero attached hydrogens (tertiary/aromatic N) is 5. The first-order valence-electron chi connectivity index (χ1n) is 12.4. The van der Waals surface area contributed by atoms with Crippen molar-refractivity contribution in [3.8, 4) is 6.07 Å². The second-order valence-corrected chi connectivity index (χ2v) is 9.49. The van der Waals surface area contributed by atoms with Gasteiger partial charge in [-0.1, -0.05) is 36.9 Å². The van der Waals surface area contributed by atoms with Crippen LogP contribution < -0.4 is 15.5 Å². The predicted octanol–water partition coefficient (Wildman–Crippen LogP) is 3.30. The molecular formula is C28H30N6O2. The molecule has 2 aliphatic rings. The largest absolute Gasteiger partial charge is 0.365 e. The Bertz CT molecular complexity index is 1420. The summed E-state index contributed by atoms with van der Waals surface area (Å²) in [6, 6.07) is 14.7. The number of carbonyl (C=O) groups is 1. The van der Waals surface area contributed by atoms with Crippen molar-refractivity contribution in [3.05, 3.63) is 76.4 Å². The van der Waals surface area contributed by atoms with Gasteiger partial charge in [0.25, 0.3) is 0 Å². The van der Waals surface area contributed by atoms with E-state index in [9.17, 15) is 14.9 Å². The Hall–Kier alpha value is -4.12. The van der Waals surface area contributed by atoms with Gasteiger partial charge in [0.2, 0.25) is 5.91 Å². The number of aromatic nitrogens is 2. The van der Waals surface area contributed by atoms with Crippen LogP contribution in [0.5, 0.6) is 0 Å². The molecule has 1 N–H and O–H groups in total. The predicted molar refractivity (Wildman–Crippen MR) is 141 cm³/mol. The SMILES string of the molecule is C=CC(=O)N1CCN(c2nc(=O)[nH]c3c2CCCN(c2cccc4c(C)cccc24)C3)C[C@@H]1CC#N.